The fraction of sp³-hybridized carbons (Fsp3) is 0.333. The molecule has 0 unspecified atom stereocenters. The molecule has 0 fully saturated rings. The molecule has 0 aromatic rings. The highest BCUT2D eigenvalue weighted by molar-refractivity contribution is 4.80. The van der Waals surface area contributed by atoms with Crippen molar-refractivity contribution in [1.82, 2.24) is 0 Å². The molecule has 3 N–H and O–H groups in total. The van der Waals surface area contributed by atoms with Crippen LogP contribution in [0.25, 0.3) is 0 Å². The zero-order valence-electron chi connectivity index (χ0n) is 3.09. The van der Waals surface area contributed by atoms with Crippen LogP contribution in [0.5, 0.6) is 0 Å². The molecular weight excluding hydrogens is 177 g/mol. The Balaban J connectivity index is 0. The predicted molar refractivity (Wildman–Crippen MR) is 16.3 cm³/mol. The van der Waals surface area contributed by atoms with E-state index in [9.17, 15) is 0 Å². The monoisotopic (exact) mass is 183 g/mol. The first-order valence-electron chi connectivity index (χ1n) is 1.10. The van der Waals surface area contributed by atoms with E-state index < -0.39 is 0 Å². The average molecular weight is 183 g/mol. The van der Waals surface area contributed by atoms with E-state index in [1.165, 1.54) is 0 Å². The summed E-state index contributed by atoms with van der Waals surface area (Å²) < 4.78 is 0. The summed E-state index contributed by atoms with van der Waals surface area (Å²) >= 11 is 0. The molecule has 0 aromatic carbocycles. The van der Waals surface area contributed by atoms with Gasteiger partial charge in [-0.15, -0.1) is 0 Å². The molecule has 0 saturated heterocycles. The summed E-state index contributed by atoms with van der Waals surface area (Å²) in [5.41, 5.74) is 3.24. The van der Waals surface area contributed by atoms with Gasteiger partial charge in [0.05, 0.1) is 0 Å². The van der Waals surface area contributed by atoms with Crippen LogP contribution in [0.4, 0.5) is 0 Å². The van der Waals surface area contributed by atoms with Gasteiger partial charge in [-0.3, -0.25) is 5.73 Å². The molecule has 0 aliphatic carbocycles. The summed E-state index contributed by atoms with van der Waals surface area (Å²) in [6.45, 7) is 1.76. The first kappa shape index (κ1) is 8.98. The van der Waals surface area contributed by atoms with Gasteiger partial charge in [0.25, 0.3) is 0 Å². The first-order chi connectivity index (χ1) is 1.91. The third kappa shape index (κ3) is 13.8. The number of halogens is 1. The van der Waals surface area contributed by atoms with Gasteiger partial charge in [-0.05, 0) is 5.92 Å². The fourth-order valence-corrected chi connectivity index (χ4v) is 0. The molecule has 0 aliphatic heterocycles. The summed E-state index contributed by atoms with van der Waals surface area (Å²) in [5, 5.41) is 0. The molecule has 0 spiro atoms. The third-order valence-corrected chi connectivity index (χ3v) is 0.177. The number of quaternary nitrogens is 1. The Morgan fingerprint density at radius 3 is 1.80 bits per heavy atom. The molecule has 0 bridgehead atoms. The highest BCUT2D eigenvalue weighted by Gasteiger charge is 1.32. The zero-order valence-corrected chi connectivity index (χ0v) is 5.24. The van der Waals surface area contributed by atoms with Gasteiger partial charge in [0.2, 0.25) is 0 Å². The number of hydrogen-bond donors (Lipinski definition) is 1. The summed E-state index contributed by atoms with van der Waals surface area (Å²) in [5.74, 6) is 2.57. The van der Waals surface area contributed by atoms with Crippen molar-refractivity contribution < 1.29 is 29.7 Å². The van der Waals surface area contributed by atoms with Crippen LogP contribution < -0.4 is 29.7 Å². The van der Waals surface area contributed by atoms with Crippen molar-refractivity contribution in [3.63, 3.8) is 0 Å². The Bertz CT molecular complexity index is 43.6. The Morgan fingerprint density at radius 1 is 1.60 bits per heavy atom. The molecule has 30 valence electrons. The van der Waals surface area contributed by atoms with Crippen molar-refractivity contribution in [2.24, 2.45) is 0 Å². The normalized spacial score (nSPS) is 2.80. The number of rotatable bonds is 0. The Morgan fingerprint density at radius 2 is 1.80 bits per heavy atom. The van der Waals surface area contributed by atoms with Crippen molar-refractivity contribution >= 4 is 0 Å². The van der Waals surface area contributed by atoms with Crippen LogP contribution in [0.15, 0.2) is 0 Å². The minimum Gasteiger partial charge on any atom is -1.00 e. The first-order valence-corrected chi connectivity index (χ1v) is 1.10. The lowest BCUT2D eigenvalue weighted by atomic mass is 10.8. The summed E-state index contributed by atoms with van der Waals surface area (Å²) in [6.07, 6.45) is 0. The Labute approximate surface area is 49.0 Å². The van der Waals surface area contributed by atoms with Gasteiger partial charge >= 0.3 is 0 Å². The van der Waals surface area contributed by atoms with E-state index in [4.69, 9.17) is 0 Å². The lowest BCUT2D eigenvalue weighted by Crippen LogP contribution is -3.00. The molecule has 2 heteroatoms. The standard InChI is InChI=1S/C3H5N.HI/c1-2-3-4;/h4H2,1H3;1H. The van der Waals surface area contributed by atoms with Crippen molar-refractivity contribution in [3.8, 4) is 12.0 Å². The average Bonchev–Trinajstić information content (AvgIpc) is 1.37. The van der Waals surface area contributed by atoms with Gasteiger partial charge in [0.15, 0.2) is 0 Å². The topological polar surface area (TPSA) is 27.6 Å². The third-order valence-electron chi connectivity index (χ3n) is 0.177. The van der Waals surface area contributed by atoms with Crippen molar-refractivity contribution in [3.05, 3.63) is 0 Å². The molecule has 5 heavy (non-hydrogen) atoms. The van der Waals surface area contributed by atoms with Crippen molar-refractivity contribution in [1.29, 1.82) is 0 Å². The predicted octanol–water partition coefficient (Wildman–Crippen LogP) is -3.79. The zero-order chi connectivity index (χ0) is 3.41. The maximum Gasteiger partial charge on any atom is 0.131 e. The van der Waals surface area contributed by atoms with Gasteiger partial charge < -0.3 is 24.0 Å². The molecule has 0 heterocycles. The fourth-order valence-electron chi connectivity index (χ4n) is 0. The summed E-state index contributed by atoms with van der Waals surface area (Å²) in [7, 11) is 0. The van der Waals surface area contributed by atoms with Crippen molar-refractivity contribution in [2.45, 2.75) is 6.92 Å². The molecule has 0 aromatic heterocycles. The molecule has 1 nitrogen and oxygen atoms in total. The lowest BCUT2D eigenvalue weighted by Gasteiger charge is -1.36. The molecule has 0 rings (SSSR count). The maximum atomic E-state index is 3.24. The lowest BCUT2D eigenvalue weighted by molar-refractivity contribution is -0.247. The highest BCUT2D eigenvalue weighted by Crippen LogP contribution is 1.26. The van der Waals surface area contributed by atoms with E-state index in [1.54, 1.807) is 6.92 Å². The van der Waals surface area contributed by atoms with Gasteiger partial charge in [-0.1, -0.05) is 0 Å². The van der Waals surface area contributed by atoms with E-state index in [2.05, 4.69) is 17.7 Å². The van der Waals surface area contributed by atoms with Crippen LogP contribution in [0.2, 0.25) is 0 Å². The summed E-state index contributed by atoms with van der Waals surface area (Å²) in [6, 6.07) is 2.43. The SMILES string of the molecule is CC#C[NH3+].[I-]. The number of hydrogen-bond acceptors (Lipinski definition) is 0. The van der Waals surface area contributed by atoms with Crippen LogP contribution in [-0.4, -0.2) is 0 Å². The van der Waals surface area contributed by atoms with E-state index in [0.717, 1.165) is 0 Å². The van der Waals surface area contributed by atoms with E-state index in [1.807, 2.05) is 0 Å². The van der Waals surface area contributed by atoms with Gasteiger partial charge in [-0.2, -0.15) is 0 Å². The molecule has 0 aliphatic rings. The molecule has 0 radical (unpaired) electrons. The summed E-state index contributed by atoms with van der Waals surface area (Å²) in [4.78, 5) is 0. The smallest absolute Gasteiger partial charge is 0.131 e. The quantitative estimate of drug-likeness (QED) is 0.295. The van der Waals surface area contributed by atoms with Crippen LogP contribution in [-0.2, 0) is 0 Å². The van der Waals surface area contributed by atoms with Gasteiger partial charge in [0, 0.05) is 6.92 Å². The largest absolute Gasteiger partial charge is 1.00 e. The van der Waals surface area contributed by atoms with Gasteiger partial charge in [0.1, 0.15) is 6.04 Å². The van der Waals surface area contributed by atoms with Crippen LogP contribution >= 0.6 is 0 Å². The highest BCUT2D eigenvalue weighted by atomic mass is 127. The van der Waals surface area contributed by atoms with E-state index in [0.29, 0.717) is 0 Å². The maximum absolute atomic E-state index is 3.24. The molecule has 0 amide bonds. The second kappa shape index (κ2) is 8.87. The van der Waals surface area contributed by atoms with Crippen LogP contribution in [0.3, 0.4) is 0 Å². The van der Waals surface area contributed by atoms with E-state index in [-0.39, 0.29) is 24.0 Å². The molecule has 0 atom stereocenters. The van der Waals surface area contributed by atoms with Gasteiger partial charge in [-0.25, -0.2) is 0 Å². The van der Waals surface area contributed by atoms with Crippen LogP contribution in [0.1, 0.15) is 6.92 Å². The van der Waals surface area contributed by atoms with Crippen molar-refractivity contribution in [2.75, 3.05) is 0 Å². The molecule has 0 saturated carbocycles. The second-order valence-corrected chi connectivity index (χ2v) is 0.427. The molecular formula is C3H6IN. The second-order valence-electron chi connectivity index (χ2n) is 0.427. The Kier molecular flexibility index (Phi) is 15.9. The van der Waals surface area contributed by atoms with Crippen LogP contribution in [0, 0.1) is 12.0 Å². The Hall–Kier alpha value is 0.250. The minimum atomic E-state index is 0. The van der Waals surface area contributed by atoms with E-state index >= 15 is 0 Å². The minimum absolute atomic E-state index is 0.